The molecule has 3 atom stereocenters. The lowest BCUT2D eigenvalue weighted by Crippen LogP contribution is -2.24. The first-order chi connectivity index (χ1) is 6.81. The van der Waals surface area contributed by atoms with Crippen molar-refractivity contribution in [1.29, 1.82) is 0 Å². The van der Waals surface area contributed by atoms with Gasteiger partial charge in [0.15, 0.2) is 0 Å². The molecule has 76 valence electrons. The standard InChI is InChI=1S/C10H13NO3/c12-6-10-8(13)5-9(14-10)7-1-3-11-4-2-7/h1-4,8-10,12-13H,5-6H2/t8-,9+,10+/m0/s1. The molecule has 1 aliphatic rings. The molecule has 0 amide bonds. The van der Waals surface area contributed by atoms with Crippen molar-refractivity contribution in [3.05, 3.63) is 30.1 Å². The van der Waals surface area contributed by atoms with E-state index < -0.39 is 12.2 Å². The van der Waals surface area contributed by atoms with Crippen molar-refractivity contribution in [1.82, 2.24) is 4.98 Å². The summed E-state index contributed by atoms with van der Waals surface area (Å²) in [4.78, 5) is 3.91. The number of aliphatic hydroxyl groups excluding tert-OH is 2. The molecule has 1 fully saturated rings. The fraction of sp³-hybridized carbons (Fsp3) is 0.500. The van der Waals surface area contributed by atoms with Crippen LogP contribution in [-0.2, 0) is 4.74 Å². The van der Waals surface area contributed by atoms with E-state index in [1.807, 2.05) is 12.1 Å². The molecule has 1 aliphatic heterocycles. The predicted molar refractivity (Wildman–Crippen MR) is 49.6 cm³/mol. The Labute approximate surface area is 82.2 Å². The summed E-state index contributed by atoms with van der Waals surface area (Å²) in [5.41, 5.74) is 0.995. The highest BCUT2D eigenvalue weighted by Crippen LogP contribution is 2.32. The Morgan fingerprint density at radius 3 is 2.71 bits per heavy atom. The van der Waals surface area contributed by atoms with Crippen LogP contribution in [0, 0.1) is 0 Å². The third-order valence-corrected chi connectivity index (χ3v) is 2.48. The maximum Gasteiger partial charge on any atom is 0.107 e. The predicted octanol–water partition coefficient (Wildman–Crippen LogP) is 0.265. The monoisotopic (exact) mass is 195 g/mol. The Balaban J connectivity index is 2.09. The van der Waals surface area contributed by atoms with Gasteiger partial charge in [0.25, 0.3) is 0 Å². The molecular weight excluding hydrogens is 182 g/mol. The second-order valence-corrected chi connectivity index (χ2v) is 3.43. The molecule has 0 saturated carbocycles. The zero-order valence-corrected chi connectivity index (χ0v) is 7.71. The minimum atomic E-state index is -0.571. The lowest BCUT2D eigenvalue weighted by atomic mass is 10.1. The highest BCUT2D eigenvalue weighted by molar-refractivity contribution is 5.15. The second kappa shape index (κ2) is 4.04. The van der Waals surface area contributed by atoms with Gasteiger partial charge in [-0.3, -0.25) is 4.98 Å². The van der Waals surface area contributed by atoms with E-state index in [1.165, 1.54) is 0 Å². The molecule has 2 rings (SSSR count). The molecule has 2 N–H and O–H groups in total. The van der Waals surface area contributed by atoms with Crippen molar-refractivity contribution in [3.63, 3.8) is 0 Å². The number of nitrogens with zero attached hydrogens (tertiary/aromatic N) is 1. The number of aromatic nitrogens is 1. The molecule has 0 unspecified atom stereocenters. The van der Waals surface area contributed by atoms with Crippen LogP contribution in [0.3, 0.4) is 0 Å². The summed E-state index contributed by atoms with van der Waals surface area (Å²) < 4.78 is 5.48. The SMILES string of the molecule is OC[C@H]1O[C@@H](c2ccncc2)C[C@@H]1O. The molecule has 1 aromatic heterocycles. The van der Waals surface area contributed by atoms with E-state index in [0.717, 1.165) is 5.56 Å². The normalized spacial score (nSPS) is 32.0. The molecule has 4 nitrogen and oxygen atoms in total. The fourth-order valence-electron chi connectivity index (χ4n) is 1.69. The Bertz CT molecular complexity index is 291. The van der Waals surface area contributed by atoms with Crippen molar-refractivity contribution in [2.24, 2.45) is 0 Å². The number of pyridine rings is 1. The first kappa shape index (κ1) is 9.58. The molecule has 4 heteroatoms. The lowest BCUT2D eigenvalue weighted by Gasteiger charge is -2.11. The maximum atomic E-state index is 9.52. The van der Waals surface area contributed by atoms with Crippen LogP contribution in [0.25, 0.3) is 0 Å². The number of ether oxygens (including phenoxy) is 1. The summed E-state index contributed by atoms with van der Waals surface area (Å²) in [6.45, 7) is -0.136. The van der Waals surface area contributed by atoms with Gasteiger partial charge in [0.1, 0.15) is 6.10 Å². The summed E-state index contributed by atoms with van der Waals surface area (Å²) in [7, 11) is 0. The van der Waals surface area contributed by atoms with E-state index in [0.29, 0.717) is 6.42 Å². The molecule has 0 aromatic carbocycles. The Morgan fingerprint density at radius 2 is 2.14 bits per heavy atom. The molecule has 0 bridgehead atoms. The molecule has 1 saturated heterocycles. The molecular formula is C10H13NO3. The van der Waals surface area contributed by atoms with Gasteiger partial charge >= 0.3 is 0 Å². The molecule has 0 aliphatic carbocycles. The summed E-state index contributed by atoms with van der Waals surface area (Å²) in [5.74, 6) is 0. The van der Waals surface area contributed by atoms with Crippen LogP contribution in [0.5, 0.6) is 0 Å². The number of rotatable bonds is 2. The van der Waals surface area contributed by atoms with Gasteiger partial charge in [0.2, 0.25) is 0 Å². The van der Waals surface area contributed by atoms with Crippen LogP contribution >= 0.6 is 0 Å². The Morgan fingerprint density at radius 1 is 1.43 bits per heavy atom. The lowest BCUT2D eigenvalue weighted by molar-refractivity contribution is -0.0225. The van der Waals surface area contributed by atoms with Gasteiger partial charge in [-0.05, 0) is 17.7 Å². The van der Waals surface area contributed by atoms with Crippen molar-refractivity contribution in [2.75, 3.05) is 6.61 Å². The van der Waals surface area contributed by atoms with Gasteiger partial charge < -0.3 is 14.9 Å². The second-order valence-electron chi connectivity index (χ2n) is 3.43. The van der Waals surface area contributed by atoms with Crippen LogP contribution < -0.4 is 0 Å². The van der Waals surface area contributed by atoms with Crippen LogP contribution in [0.1, 0.15) is 18.1 Å². The largest absolute Gasteiger partial charge is 0.394 e. The van der Waals surface area contributed by atoms with E-state index in [4.69, 9.17) is 9.84 Å². The first-order valence-corrected chi connectivity index (χ1v) is 4.65. The van der Waals surface area contributed by atoms with E-state index in [9.17, 15) is 5.11 Å². The van der Waals surface area contributed by atoms with Gasteiger partial charge in [-0.2, -0.15) is 0 Å². The summed E-state index contributed by atoms with van der Waals surface area (Å²) in [6.07, 6.45) is 2.78. The maximum absolute atomic E-state index is 9.52. The minimum Gasteiger partial charge on any atom is -0.394 e. The highest BCUT2D eigenvalue weighted by atomic mass is 16.5. The Hall–Kier alpha value is -0.970. The number of aliphatic hydroxyl groups is 2. The van der Waals surface area contributed by atoms with Crippen molar-refractivity contribution in [2.45, 2.75) is 24.7 Å². The topological polar surface area (TPSA) is 62.6 Å². The van der Waals surface area contributed by atoms with E-state index >= 15 is 0 Å². The molecule has 0 spiro atoms. The van der Waals surface area contributed by atoms with Crippen molar-refractivity contribution >= 4 is 0 Å². The smallest absolute Gasteiger partial charge is 0.107 e. The van der Waals surface area contributed by atoms with E-state index in [1.54, 1.807) is 12.4 Å². The van der Waals surface area contributed by atoms with Crippen LogP contribution in [0.4, 0.5) is 0 Å². The Kier molecular flexibility index (Phi) is 2.77. The summed E-state index contributed by atoms with van der Waals surface area (Å²) >= 11 is 0. The number of hydrogen-bond donors (Lipinski definition) is 2. The highest BCUT2D eigenvalue weighted by Gasteiger charge is 2.33. The first-order valence-electron chi connectivity index (χ1n) is 4.65. The van der Waals surface area contributed by atoms with Gasteiger partial charge in [-0.25, -0.2) is 0 Å². The average molecular weight is 195 g/mol. The van der Waals surface area contributed by atoms with Gasteiger partial charge in [0, 0.05) is 18.8 Å². The van der Waals surface area contributed by atoms with Crippen LogP contribution in [0.15, 0.2) is 24.5 Å². The zero-order valence-electron chi connectivity index (χ0n) is 7.71. The van der Waals surface area contributed by atoms with Crippen molar-refractivity contribution in [3.8, 4) is 0 Å². The van der Waals surface area contributed by atoms with Crippen molar-refractivity contribution < 1.29 is 14.9 Å². The van der Waals surface area contributed by atoms with Gasteiger partial charge in [0.05, 0.1) is 18.8 Å². The van der Waals surface area contributed by atoms with E-state index in [2.05, 4.69) is 4.98 Å². The molecule has 0 radical (unpaired) electrons. The molecule has 1 aromatic rings. The number of hydrogen-bond acceptors (Lipinski definition) is 4. The quantitative estimate of drug-likeness (QED) is 0.710. The molecule has 2 heterocycles. The van der Waals surface area contributed by atoms with Gasteiger partial charge in [-0.1, -0.05) is 0 Å². The third kappa shape index (κ3) is 1.77. The third-order valence-electron chi connectivity index (χ3n) is 2.48. The minimum absolute atomic E-state index is 0.120. The average Bonchev–Trinajstić information content (AvgIpc) is 2.61. The molecule has 14 heavy (non-hydrogen) atoms. The summed E-state index contributed by atoms with van der Waals surface area (Å²) in [5, 5.41) is 18.4. The zero-order chi connectivity index (χ0) is 9.97. The van der Waals surface area contributed by atoms with Crippen LogP contribution in [0.2, 0.25) is 0 Å². The summed E-state index contributed by atoms with van der Waals surface area (Å²) in [6, 6.07) is 3.72. The fourth-order valence-corrected chi connectivity index (χ4v) is 1.69. The van der Waals surface area contributed by atoms with Gasteiger partial charge in [-0.15, -0.1) is 0 Å². The van der Waals surface area contributed by atoms with E-state index in [-0.39, 0.29) is 12.7 Å². The van der Waals surface area contributed by atoms with Crippen LogP contribution in [-0.4, -0.2) is 34.0 Å².